The summed E-state index contributed by atoms with van der Waals surface area (Å²) in [5.41, 5.74) is 3.74. The molecule has 4 heteroatoms. The molecule has 23 heavy (non-hydrogen) atoms. The first-order valence-corrected chi connectivity index (χ1v) is 10.8. The lowest BCUT2D eigenvalue weighted by Gasteiger charge is -2.19. The van der Waals surface area contributed by atoms with Crippen LogP contribution in [0.5, 0.6) is 0 Å². The summed E-state index contributed by atoms with van der Waals surface area (Å²) < 4.78 is 23.9. The predicted molar refractivity (Wildman–Crippen MR) is 98.2 cm³/mol. The van der Waals surface area contributed by atoms with Crippen molar-refractivity contribution in [3.63, 3.8) is 0 Å². The standard InChI is InChI=1S/C19H33O3P/c1-5-9-11-17-13-14-18(12-10-6-2)19(15-17)16-23(20,21-7-3)22-8-4/h13-15H,5-12,16H2,1-4H3. The van der Waals surface area contributed by atoms with Gasteiger partial charge in [0.2, 0.25) is 0 Å². The largest absolute Gasteiger partial charge is 0.335 e. The van der Waals surface area contributed by atoms with Crippen LogP contribution in [0.3, 0.4) is 0 Å². The Hall–Kier alpha value is -0.630. The van der Waals surface area contributed by atoms with Crippen LogP contribution in [0, 0.1) is 0 Å². The van der Waals surface area contributed by atoms with Gasteiger partial charge >= 0.3 is 7.60 Å². The van der Waals surface area contributed by atoms with Gasteiger partial charge in [-0.25, -0.2) is 0 Å². The number of unbranched alkanes of at least 4 members (excludes halogenated alkanes) is 2. The van der Waals surface area contributed by atoms with E-state index in [2.05, 4.69) is 32.0 Å². The summed E-state index contributed by atoms with van der Waals surface area (Å²) in [4.78, 5) is 0. The summed E-state index contributed by atoms with van der Waals surface area (Å²) in [6, 6.07) is 6.64. The molecule has 0 aromatic heterocycles. The van der Waals surface area contributed by atoms with Crippen molar-refractivity contribution in [2.45, 2.75) is 72.4 Å². The van der Waals surface area contributed by atoms with Gasteiger partial charge < -0.3 is 9.05 Å². The molecular formula is C19H33O3P. The smallest absolute Gasteiger partial charge is 0.309 e. The molecule has 1 aromatic rings. The van der Waals surface area contributed by atoms with Gasteiger partial charge in [0.15, 0.2) is 0 Å². The van der Waals surface area contributed by atoms with Gasteiger partial charge in [-0.3, -0.25) is 4.57 Å². The summed E-state index contributed by atoms with van der Waals surface area (Å²) in [7, 11) is -3.05. The molecule has 0 saturated heterocycles. The maximum atomic E-state index is 12.9. The second-order valence-corrected chi connectivity index (χ2v) is 7.97. The Kier molecular flexibility index (Phi) is 9.78. The molecule has 0 amide bonds. The van der Waals surface area contributed by atoms with Crippen LogP contribution in [-0.4, -0.2) is 13.2 Å². The van der Waals surface area contributed by atoms with Gasteiger partial charge in [-0.15, -0.1) is 0 Å². The highest BCUT2D eigenvalue weighted by molar-refractivity contribution is 7.53. The zero-order chi connectivity index (χ0) is 17.1. The zero-order valence-electron chi connectivity index (χ0n) is 15.3. The summed E-state index contributed by atoms with van der Waals surface area (Å²) >= 11 is 0. The van der Waals surface area contributed by atoms with E-state index in [9.17, 15) is 4.57 Å². The van der Waals surface area contributed by atoms with Crippen molar-refractivity contribution in [3.05, 3.63) is 34.9 Å². The van der Waals surface area contributed by atoms with E-state index in [0.29, 0.717) is 19.4 Å². The minimum atomic E-state index is -3.05. The number of aryl methyl sites for hydroxylation is 2. The van der Waals surface area contributed by atoms with Crippen molar-refractivity contribution < 1.29 is 13.6 Å². The van der Waals surface area contributed by atoms with Crippen LogP contribution < -0.4 is 0 Å². The van der Waals surface area contributed by atoms with Crippen molar-refractivity contribution in [3.8, 4) is 0 Å². The third kappa shape index (κ3) is 7.20. The Morgan fingerprint density at radius 2 is 1.48 bits per heavy atom. The summed E-state index contributed by atoms with van der Waals surface area (Å²) in [5, 5.41) is 0. The van der Waals surface area contributed by atoms with Crippen LogP contribution in [0.4, 0.5) is 0 Å². The third-order valence-corrected chi connectivity index (χ3v) is 5.94. The van der Waals surface area contributed by atoms with Gasteiger partial charge in [-0.05, 0) is 56.2 Å². The highest BCUT2D eigenvalue weighted by atomic mass is 31.2. The molecule has 1 rings (SSSR count). The molecule has 0 aliphatic carbocycles. The molecule has 0 spiro atoms. The molecule has 0 N–H and O–H groups in total. The predicted octanol–water partition coefficient (Wildman–Crippen LogP) is 6.14. The van der Waals surface area contributed by atoms with Gasteiger partial charge in [0.25, 0.3) is 0 Å². The average molecular weight is 340 g/mol. The van der Waals surface area contributed by atoms with E-state index >= 15 is 0 Å². The molecule has 0 bridgehead atoms. The number of rotatable bonds is 12. The lowest BCUT2D eigenvalue weighted by Crippen LogP contribution is -2.03. The monoisotopic (exact) mass is 340 g/mol. The third-order valence-electron chi connectivity index (χ3n) is 3.90. The first-order chi connectivity index (χ1) is 11.1. The highest BCUT2D eigenvalue weighted by Gasteiger charge is 2.25. The maximum Gasteiger partial charge on any atom is 0.335 e. The SMILES string of the molecule is CCCCc1ccc(CCCC)c(CP(=O)(OCC)OCC)c1. The molecule has 0 aliphatic heterocycles. The molecular weight excluding hydrogens is 307 g/mol. The topological polar surface area (TPSA) is 35.5 Å². The molecule has 0 radical (unpaired) electrons. The van der Waals surface area contributed by atoms with Crippen LogP contribution in [0.2, 0.25) is 0 Å². The Bertz CT molecular complexity index is 489. The Morgan fingerprint density at radius 1 is 0.870 bits per heavy atom. The number of hydrogen-bond donors (Lipinski definition) is 0. The Morgan fingerprint density at radius 3 is 2.04 bits per heavy atom. The second kappa shape index (κ2) is 11.0. The van der Waals surface area contributed by atoms with Crippen molar-refractivity contribution in [2.75, 3.05) is 13.2 Å². The van der Waals surface area contributed by atoms with Crippen LogP contribution >= 0.6 is 7.60 Å². The Labute approximate surface area is 142 Å². The van der Waals surface area contributed by atoms with E-state index < -0.39 is 7.60 Å². The van der Waals surface area contributed by atoms with Gasteiger partial charge in [-0.2, -0.15) is 0 Å². The maximum absolute atomic E-state index is 12.9. The average Bonchev–Trinajstić information content (AvgIpc) is 2.52. The molecule has 0 heterocycles. The van der Waals surface area contributed by atoms with Crippen molar-refractivity contribution in [1.29, 1.82) is 0 Å². The summed E-state index contributed by atoms with van der Waals surface area (Å²) in [6.45, 7) is 8.95. The fourth-order valence-corrected chi connectivity index (χ4v) is 4.46. The van der Waals surface area contributed by atoms with Crippen LogP contribution in [0.15, 0.2) is 18.2 Å². The second-order valence-electron chi connectivity index (χ2n) is 5.91. The lowest BCUT2D eigenvalue weighted by molar-refractivity contribution is 0.219. The molecule has 1 aromatic carbocycles. The van der Waals surface area contributed by atoms with Crippen LogP contribution in [-0.2, 0) is 32.6 Å². The molecule has 0 saturated carbocycles. The summed E-state index contributed by atoms with van der Waals surface area (Å²) in [6.07, 6.45) is 7.16. The van der Waals surface area contributed by atoms with E-state index in [1.165, 1.54) is 24.0 Å². The van der Waals surface area contributed by atoms with Gasteiger partial charge in [0.05, 0.1) is 19.4 Å². The molecule has 0 unspecified atom stereocenters. The number of benzene rings is 1. The van der Waals surface area contributed by atoms with E-state index in [0.717, 1.165) is 31.2 Å². The van der Waals surface area contributed by atoms with Gasteiger partial charge in [0, 0.05) is 0 Å². The van der Waals surface area contributed by atoms with Crippen molar-refractivity contribution >= 4 is 7.60 Å². The quantitative estimate of drug-likeness (QED) is 0.429. The molecule has 132 valence electrons. The van der Waals surface area contributed by atoms with Crippen molar-refractivity contribution in [1.82, 2.24) is 0 Å². The highest BCUT2D eigenvalue weighted by Crippen LogP contribution is 2.51. The molecule has 0 aliphatic rings. The zero-order valence-corrected chi connectivity index (χ0v) is 16.2. The first-order valence-electron chi connectivity index (χ1n) is 9.07. The van der Waals surface area contributed by atoms with Gasteiger partial charge in [0.1, 0.15) is 0 Å². The first kappa shape index (κ1) is 20.4. The van der Waals surface area contributed by atoms with Crippen LogP contribution in [0.25, 0.3) is 0 Å². The van der Waals surface area contributed by atoms with E-state index in [1.54, 1.807) is 0 Å². The molecule has 3 nitrogen and oxygen atoms in total. The van der Waals surface area contributed by atoms with Gasteiger partial charge in [-0.1, -0.05) is 44.9 Å². The summed E-state index contributed by atoms with van der Waals surface area (Å²) in [5.74, 6) is 0. The van der Waals surface area contributed by atoms with E-state index in [1.807, 2.05) is 13.8 Å². The molecule has 0 atom stereocenters. The lowest BCUT2D eigenvalue weighted by atomic mass is 9.98. The Balaban J connectivity index is 3.03. The minimum absolute atomic E-state index is 0.383. The fourth-order valence-electron chi connectivity index (χ4n) is 2.70. The van der Waals surface area contributed by atoms with E-state index in [4.69, 9.17) is 9.05 Å². The van der Waals surface area contributed by atoms with Crippen molar-refractivity contribution in [2.24, 2.45) is 0 Å². The van der Waals surface area contributed by atoms with Crippen LogP contribution in [0.1, 0.15) is 70.1 Å². The minimum Gasteiger partial charge on any atom is -0.309 e. The fraction of sp³-hybridized carbons (Fsp3) is 0.684. The van der Waals surface area contributed by atoms with E-state index in [-0.39, 0.29) is 0 Å². The molecule has 0 fully saturated rings. The number of hydrogen-bond acceptors (Lipinski definition) is 3. The normalized spacial score (nSPS) is 11.8.